The van der Waals surface area contributed by atoms with Gasteiger partial charge in [-0.25, -0.2) is 4.98 Å². The molecule has 3 rings (SSSR count). The number of aromatic nitrogens is 2. The zero-order valence-electron chi connectivity index (χ0n) is 9.09. The molecule has 2 heteroatoms. The molecule has 1 N–H and O–H groups in total. The summed E-state index contributed by atoms with van der Waals surface area (Å²) in [4.78, 5) is 8.10. The zero-order chi connectivity index (χ0) is 10.3. The number of aryl methyl sites for hydroxylation is 1. The third kappa shape index (κ3) is 1.54. The number of nitrogens with zero attached hydrogens (tertiary/aromatic N) is 1. The average Bonchev–Trinajstić information content (AvgIpc) is 2.56. The van der Waals surface area contributed by atoms with Crippen molar-refractivity contribution in [2.45, 2.75) is 32.6 Å². The normalized spacial score (nSPS) is 16.9. The minimum atomic E-state index is 0.880. The summed E-state index contributed by atoms with van der Waals surface area (Å²) in [6, 6.07) is 6.32. The second-order valence-corrected chi connectivity index (χ2v) is 4.66. The van der Waals surface area contributed by atoms with Gasteiger partial charge in [-0.1, -0.05) is 31.4 Å². The molecule has 0 amide bonds. The van der Waals surface area contributed by atoms with Crippen molar-refractivity contribution < 1.29 is 0 Å². The SMILES string of the molecule is Cc1cccc2[nH]c(CC3CCC3)nc12. The highest BCUT2D eigenvalue weighted by atomic mass is 14.9. The van der Waals surface area contributed by atoms with Crippen molar-refractivity contribution in [1.82, 2.24) is 9.97 Å². The van der Waals surface area contributed by atoms with Crippen LogP contribution in [0.5, 0.6) is 0 Å². The standard InChI is InChI=1S/C13H16N2/c1-9-4-2-7-11-13(9)15-12(14-11)8-10-5-3-6-10/h2,4,7,10H,3,5-6,8H2,1H3,(H,14,15). The van der Waals surface area contributed by atoms with E-state index in [0.29, 0.717) is 0 Å². The van der Waals surface area contributed by atoms with E-state index in [-0.39, 0.29) is 0 Å². The third-order valence-electron chi connectivity index (χ3n) is 3.47. The third-order valence-corrected chi connectivity index (χ3v) is 3.47. The molecule has 1 fully saturated rings. The lowest BCUT2D eigenvalue weighted by Crippen LogP contribution is -2.14. The van der Waals surface area contributed by atoms with Gasteiger partial charge in [0.15, 0.2) is 0 Å². The lowest BCUT2D eigenvalue weighted by molar-refractivity contribution is 0.310. The molecular weight excluding hydrogens is 184 g/mol. The van der Waals surface area contributed by atoms with E-state index in [1.807, 2.05) is 0 Å². The molecule has 1 heterocycles. The van der Waals surface area contributed by atoms with Crippen molar-refractivity contribution in [1.29, 1.82) is 0 Å². The van der Waals surface area contributed by atoms with E-state index in [0.717, 1.165) is 17.9 Å². The summed E-state index contributed by atoms with van der Waals surface area (Å²) in [6.07, 6.45) is 5.31. The molecular formula is C13H16N2. The van der Waals surface area contributed by atoms with Crippen LogP contribution in [0.1, 0.15) is 30.7 Å². The number of fused-ring (bicyclic) bond motifs is 1. The molecule has 78 valence electrons. The first-order chi connectivity index (χ1) is 7.33. The molecule has 1 aliphatic carbocycles. The molecule has 1 aliphatic rings. The summed E-state index contributed by atoms with van der Waals surface area (Å²) in [6.45, 7) is 2.12. The molecule has 1 aromatic heterocycles. The first-order valence-electron chi connectivity index (χ1n) is 5.77. The lowest BCUT2D eigenvalue weighted by Gasteiger charge is -2.23. The van der Waals surface area contributed by atoms with Crippen LogP contribution in [0.4, 0.5) is 0 Å². The largest absolute Gasteiger partial charge is 0.342 e. The lowest BCUT2D eigenvalue weighted by atomic mass is 9.83. The van der Waals surface area contributed by atoms with Gasteiger partial charge in [-0.3, -0.25) is 0 Å². The number of imidazole rings is 1. The van der Waals surface area contributed by atoms with Crippen molar-refractivity contribution in [3.63, 3.8) is 0 Å². The number of aromatic amines is 1. The number of benzene rings is 1. The number of hydrogen-bond donors (Lipinski definition) is 1. The maximum atomic E-state index is 4.68. The first kappa shape index (κ1) is 8.96. The number of hydrogen-bond acceptors (Lipinski definition) is 1. The Hall–Kier alpha value is -1.31. The van der Waals surface area contributed by atoms with Gasteiger partial charge >= 0.3 is 0 Å². The number of rotatable bonds is 2. The molecule has 0 saturated heterocycles. The van der Waals surface area contributed by atoms with Gasteiger partial charge in [0, 0.05) is 6.42 Å². The van der Waals surface area contributed by atoms with Crippen LogP contribution in [0.15, 0.2) is 18.2 Å². The van der Waals surface area contributed by atoms with Crippen LogP contribution in [0.3, 0.4) is 0 Å². The molecule has 0 spiro atoms. The molecule has 0 bridgehead atoms. The van der Waals surface area contributed by atoms with E-state index in [2.05, 4.69) is 35.1 Å². The Labute approximate surface area is 89.7 Å². The van der Waals surface area contributed by atoms with E-state index >= 15 is 0 Å². The van der Waals surface area contributed by atoms with Crippen LogP contribution >= 0.6 is 0 Å². The Kier molecular flexibility index (Phi) is 2.01. The molecule has 1 aromatic carbocycles. The van der Waals surface area contributed by atoms with E-state index in [9.17, 15) is 0 Å². The maximum absolute atomic E-state index is 4.68. The highest BCUT2D eigenvalue weighted by molar-refractivity contribution is 5.78. The van der Waals surface area contributed by atoms with Crippen LogP contribution < -0.4 is 0 Å². The van der Waals surface area contributed by atoms with E-state index < -0.39 is 0 Å². The summed E-state index contributed by atoms with van der Waals surface area (Å²) < 4.78 is 0. The van der Waals surface area contributed by atoms with E-state index in [4.69, 9.17) is 0 Å². The zero-order valence-corrected chi connectivity index (χ0v) is 9.09. The van der Waals surface area contributed by atoms with Crippen LogP contribution in [0.2, 0.25) is 0 Å². The molecule has 0 atom stereocenters. The summed E-state index contributed by atoms with van der Waals surface area (Å²) in [5, 5.41) is 0. The second kappa shape index (κ2) is 3.37. The molecule has 2 aromatic rings. The smallest absolute Gasteiger partial charge is 0.107 e. The van der Waals surface area contributed by atoms with Crippen molar-refractivity contribution in [2.24, 2.45) is 5.92 Å². The van der Waals surface area contributed by atoms with Crippen molar-refractivity contribution in [3.8, 4) is 0 Å². The Morgan fingerprint density at radius 1 is 1.40 bits per heavy atom. The fourth-order valence-corrected chi connectivity index (χ4v) is 2.29. The van der Waals surface area contributed by atoms with Gasteiger partial charge in [-0.15, -0.1) is 0 Å². The predicted octanol–water partition coefficient (Wildman–Crippen LogP) is 3.21. The molecule has 0 unspecified atom stereocenters. The molecule has 0 aliphatic heterocycles. The summed E-state index contributed by atoms with van der Waals surface area (Å²) in [5.41, 5.74) is 3.60. The topological polar surface area (TPSA) is 28.7 Å². The number of nitrogens with one attached hydrogen (secondary N) is 1. The second-order valence-electron chi connectivity index (χ2n) is 4.66. The Morgan fingerprint density at radius 3 is 2.93 bits per heavy atom. The van der Waals surface area contributed by atoms with Crippen LogP contribution in [-0.4, -0.2) is 9.97 Å². The van der Waals surface area contributed by atoms with Crippen LogP contribution in [0, 0.1) is 12.8 Å². The maximum Gasteiger partial charge on any atom is 0.107 e. The Bertz CT molecular complexity index is 480. The number of H-pyrrole nitrogens is 1. The minimum absolute atomic E-state index is 0.880. The summed E-state index contributed by atoms with van der Waals surface area (Å²) in [7, 11) is 0. The van der Waals surface area contributed by atoms with Gasteiger partial charge < -0.3 is 4.98 Å². The van der Waals surface area contributed by atoms with Gasteiger partial charge in [0.05, 0.1) is 11.0 Å². The van der Waals surface area contributed by atoms with Crippen molar-refractivity contribution in [3.05, 3.63) is 29.6 Å². The monoisotopic (exact) mass is 200 g/mol. The Balaban J connectivity index is 1.95. The minimum Gasteiger partial charge on any atom is -0.342 e. The fraction of sp³-hybridized carbons (Fsp3) is 0.462. The van der Waals surface area contributed by atoms with Gasteiger partial charge in [-0.2, -0.15) is 0 Å². The quantitative estimate of drug-likeness (QED) is 0.792. The molecule has 15 heavy (non-hydrogen) atoms. The van der Waals surface area contributed by atoms with Gasteiger partial charge in [0.2, 0.25) is 0 Å². The summed E-state index contributed by atoms with van der Waals surface area (Å²) in [5.74, 6) is 2.05. The highest BCUT2D eigenvalue weighted by Crippen LogP contribution is 2.29. The van der Waals surface area contributed by atoms with Crippen LogP contribution in [0.25, 0.3) is 11.0 Å². The Morgan fingerprint density at radius 2 is 2.27 bits per heavy atom. The van der Waals surface area contributed by atoms with E-state index in [1.165, 1.54) is 36.2 Å². The average molecular weight is 200 g/mol. The first-order valence-corrected chi connectivity index (χ1v) is 5.77. The highest BCUT2D eigenvalue weighted by Gasteiger charge is 2.19. The van der Waals surface area contributed by atoms with Crippen LogP contribution in [-0.2, 0) is 6.42 Å². The van der Waals surface area contributed by atoms with Crippen molar-refractivity contribution in [2.75, 3.05) is 0 Å². The fourth-order valence-electron chi connectivity index (χ4n) is 2.29. The predicted molar refractivity (Wildman–Crippen MR) is 61.9 cm³/mol. The summed E-state index contributed by atoms with van der Waals surface area (Å²) >= 11 is 0. The van der Waals surface area contributed by atoms with Gasteiger partial charge in [0.1, 0.15) is 5.82 Å². The number of para-hydroxylation sites is 1. The van der Waals surface area contributed by atoms with Gasteiger partial charge in [-0.05, 0) is 24.5 Å². The molecule has 1 saturated carbocycles. The van der Waals surface area contributed by atoms with Gasteiger partial charge in [0.25, 0.3) is 0 Å². The van der Waals surface area contributed by atoms with E-state index in [1.54, 1.807) is 0 Å². The molecule has 2 nitrogen and oxygen atoms in total. The van der Waals surface area contributed by atoms with Crippen molar-refractivity contribution >= 4 is 11.0 Å². The molecule has 0 radical (unpaired) electrons.